The average Bonchev–Trinajstić information content (AvgIpc) is 2.75. The van der Waals surface area contributed by atoms with E-state index in [0.717, 1.165) is 38.1 Å². The summed E-state index contributed by atoms with van der Waals surface area (Å²) in [5.41, 5.74) is 5.92. The molecule has 0 saturated heterocycles. The predicted octanol–water partition coefficient (Wildman–Crippen LogP) is 6.74. The number of nitrogens with one attached hydrogen (secondary N) is 1. The van der Waals surface area contributed by atoms with Crippen LogP contribution in [0.4, 0.5) is 0 Å². The van der Waals surface area contributed by atoms with Crippen LogP contribution in [0.1, 0.15) is 103 Å². The summed E-state index contributed by atoms with van der Waals surface area (Å²) in [7, 11) is -1.19. The summed E-state index contributed by atoms with van der Waals surface area (Å²) in [4.78, 5) is 23.8. The third-order valence-corrected chi connectivity index (χ3v) is 7.53. The molecule has 0 aromatic carbocycles. The first-order valence-corrected chi connectivity index (χ1v) is 17.3. The molecular weight excluding hydrogens is 428 g/mol. The Morgan fingerprint density at radius 3 is 2.09 bits per heavy atom. The summed E-state index contributed by atoms with van der Waals surface area (Å²) in [5.74, 6) is -0.164. The molecule has 33 heavy (non-hydrogen) atoms. The SMILES string of the molecule is CCCCCCCC=CCCCCCCC(=O)NCCCCC(N)C(=O)OCC[Si](C)(C)C. The first-order chi connectivity index (χ1) is 15.8. The number of amides is 1. The fraction of sp³-hybridized carbons (Fsp3) is 0.852. The summed E-state index contributed by atoms with van der Waals surface area (Å²) in [6.07, 6.45) is 21.1. The van der Waals surface area contributed by atoms with E-state index in [-0.39, 0.29) is 11.9 Å². The third-order valence-electron chi connectivity index (χ3n) is 5.83. The fourth-order valence-corrected chi connectivity index (χ4v) is 4.21. The van der Waals surface area contributed by atoms with Crippen LogP contribution in [0.25, 0.3) is 0 Å². The lowest BCUT2D eigenvalue weighted by molar-refractivity contribution is -0.144. The van der Waals surface area contributed by atoms with Crippen LogP contribution in [0.5, 0.6) is 0 Å². The molecule has 1 atom stereocenters. The van der Waals surface area contributed by atoms with Crippen molar-refractivity contribution in [3.05, 3.63) is 12.2 Å². The number of hydrogen-bond acceptors (Lipinski definition) is 4. The summed E-state index contributed by atoms with van der Waals surface area (Å²) < 4.78 is 5.29. The Kier molecular flexibility index (Phi) is 20.7. The van der Waals surface area contributed by atoms with Gasteiger partial charge in [-0.1, -0.05) is 77.2 Å². The van der Waals surface area contributed by atoms with Gasteiger partial charge < -0.3 is 15.8 Å². The monoisotopic (exact) mass is 482 g/mol. The molecule has 0 saturated carbocycles. The second-order valence-electron chi connectivity index (χ2n) is 10.6. The van der Waals surface area contributed by atoms with Crippen molar-refractivity contribution >= 4 is 20.0 Å². The summed E-state index contributed by atoms with van der Waals surface area (Å²) >= 11 is 0. The normalized spacial score (nSPS) is 12.8. The van der Waals surface area contributed by atoms with Crippen LogP contribution in [0.2, 0.25) is 25.7 Å². The van der Waals surface area contributed by atoms with Gasteiger partial charge in [-0.2, -0.15) is 0 Å². The molecule has 0 heterocycles. The van der Waals surface area contributed by atoms with Crippen LogP contribution >= 0.6 is 0 Å². The minimum atomic E-state index is -1.19. The molecule has 0 aromatic rings. The van der Waals surface area contributed by atoms with Gasteiger partial charge in [-0.25, -0.2) is 0 Å². The molecule has 0 aliphatic rings. The van der Waals surface area contributed by atoms with E-state index in [2.05, 4.69) is 44.0 Å². The first kappa shape index (κ1) is 31.9. The minimum absolute atomic E-state index is 0.132. The highest BCUT2D eigenvalue weighted by Crippen LogP contribution is 2.10. The molecule has 1 unspecified atom stereocenters. The van der Waals surface area contributed by atoms with Crippen LogP contribution in [-0.4, -0.2) is 39.1 Å². The molecule has 0 aliphatic heterocycles. The van der Waals surface area contributed by atoms with Gasteiger partial charge in [-0.05, 0) is 57.4 Å². The number of nitrogens with two attached hydrogens (primary N) is 1. The molecule has 5 nitrogen and oxygen atoms in total. The molecule has 0 fully saturated rings. The lowest BCUT2D eigenvalue weighted by atomic mass is 10.1. The Labute approximate surface area is 205 Å². The zero-order chi connectivity index (χ0) is 24.8. The zero-order valence-electron chi connectivity index (χ0n) is 22.3. The van der Waals surface area contributed by atoms with Crippen molar-refractivity contribution in [1.29, 1.82) is 0 Å². The molecule has 3 N–H and O–H groups in total. The number of rotatable bonds is 22. The molecular formula is C27H54N2O3Si. The molecule has 0 spiro atoms. The number of carbonyl (C=O) groups excluding carboxylic acids is 2. The van der Waals surface area contributed by atoms with Crippen molar-refractivity contribution in [3.8, 4) is 0 Å². The van der Waals surface area contributed by atoms with Gasteiger partial charge in [-0.15, -0.1) is 0 Å². The lowest BCUT2D eigenvalue weighted by Crippen LogP contribution is -2.34. The van der Waals surface area contributed by atoms with Gasteiger partial charge in [0.05, 0.1) is 6.61 Å². The van der Waals surface area contributed by atoms with Gasteiger partial charge in [0.1, 0.15) is 6.04 Å². The first-order valence-electron chi connectivity index (χ1n) is 13.6. The second-order valence-corrected chi connectivity index (χ2v) is 16.2. The molecule has 0 rings (SSSR count). The number of allylic oxidation sites excluding steroid dienone is 2. The topological polar surface area (TPSA) is 81.4 Å². The second kappa shape index (κ2) is 21.4. The van der Waals surface area contributed by atoms with E-state index in [1.54, 1.807) is 0 Å². The Bertz CT molecular complexity index is 518. The molecule has 0 aliphatic carbocycles. The minimum Gasteiger partial charge on any atom is -0.465 e. The van der Waals surface area contributed by atoms with Crippen molar-refractivity contribution < 1.29 is 14.3 Å². The number of unbranched alkanes of at least 4 members (excludes halogenated alkanes) is 10. The summed E-state index contributed by atoms with van der Waals surface area (Å²) in [6, 6.07) is 0.413. The lowest BCUT2D eigenvalue weighted by Gasteiger charge is -2.17. The van der Waals surface area contributed by atoms with Gasteiger partial charge in [0.15, 0.2) is 0 Å². The van der Waals surface area contributed by atoms with E-state index in [1.165, 1.54) is 51.4 Å². The van der Waals surface area contributed by atoms with E-state index in [1.807, 2.05) is 0 Å². The van der Waals surface area contributed by atoms with Gasteiger partial charge in [0.2, 0.25) is 5.91 Å². The predicted molar refractivity (Wildman–Crippen MR) is 144 cm³/mol. The quantitative estimate of drug-likeness (QED) is 0.0775. The molecule has 0 radical (unpaired) electrons. The Morgan fingerprint density at radius 2 is 1.48 bits per heavy atom. The smallest absolute Gasteiger partial charge is 0.322 e. The summed E-state index contributed by atoms with van der Waals surface area (Å²) in [5, 5.41) is 2.98. The number of carbonyl (C=O) groups is 2. The maximum Gasteiger partial charge on any atom is 0.322 e. The van der Waals surface area contributed by atoms with Crippen molar-refractivity contribution in [1.82, 2.24) is 5.32 Å². The standard InChI is InChI=1S/C27H54N2O3Si/c1-5-6-7-8-9-10-11-12-13-14-15-16-17-21-26(30)29-22-19-18-20-25(28)27(31)32-23-24-33(2,3)4/h11-12,25H,5-10,13-24,28H2,1-4H3,(H,29,30). The van der Waals surface area contributed by atoms with Crippen LogP contribution in [0.15, 0.2) is 12.2 Å². The van der Waals surface area contributed by atoms with Crippen molar-refractivity contribution in [2.24, 2.45) is 5.73 Å². The van der Waals surface area contributed by atoms with Crippen LogP contribution in [-0.2, 0) is 14.3 Å². The molecule has 6 heteroatoms. The van der Waals surface area contributed by atoms with Crippen molar-refractivity contribution in [2.75, 3.05) is 13.2 Å². The zero-order valence-corrected chi connectivity index (χ0v) is 23.3. The van der Waals surface area contributed by atoms with Gasteiger partial charge >= 0.3 is 5.97 Å². The number of ether oxygens (including phenoxy) is 1. The van der Waals surface area contributed by atoms with Gasteiger partial charge in [0, 0.05) is 21.0 Å². The highest BCUT2D eigenvalue weighted by molar-refractivity contribution is 6.76. The van der Waals surface area contributed by atoms with Crippen LogP contribution < -0.4 is 11.1 Å². The van der Waals surface area contributed by atoms with Crippen molar-refractivity contribution in [3.63, 3.8) is 0 Å². The van der Waals surface area contributed by atoms with E-state index < -0.39 is 14.1 Å². The highest BCUT2D eigenvalue weighted by Gasteiger charge is 2.17. The molecule has 0 bridgehead atoms. The van der Waals surface area contributed by atoms with E-state index in [4.69, 9.17) is 10.5 Å². The fourth-order valence-electron chi connectivity index (χ4n) is 3.49. The Morgan fingerprint density at radius 1 is 0.879 bits per heavy atom. The van der Waals surface area contributed by atoms with E-state index in [0.29, 0.717) is 26.0 Å². The average molecular weight is 483 g/mol. The maximum absolute atomic E-state index is 11.9. The van der Waals surface area contributed by atoms with E-state index in [9.17, 15) is 9.59 Å². The third kappa shape index (κ3) is 23.8. The largest absolute Gasteiger partial charge is 0.465 e. The Hall–Kier alpha value is -1.14. The van der Waals surface area contributed by atoms with E-state index >= 15 is 0 Å². The number of hydrogen-bond donors (Lipinski definition) is 2. The summed E-state index contributed by atoms with van der Waals surface area (Å²) in [6.45, 7) is 10.2. The maximum atomic E-state index is 11.9. The van der Waals surface area contributed by atoms with Crippen LogP contribution in [0.3, 0.4) is 0 Å². The van der Waals surface area contributed by atoms with Crippen molar-refractivity contribution in [2.45, 2.75) is 135 Å². The Balaban J connectivity index is 3.48. The highest BCUT2D eigenvalue weighted by atomic mass is 28.3. The molecule has 0 aromatic heterocycles. The van der Waals surface area contributed by atoms with Crippen LogP contribution in [0, 0.1) is 0 Å². The molecule has 194 valence electrons. The molecule has 1 amide bonds. The van der Waals surface area contributed by atoms with Gasteiger partial charge in [-0.3, -0.25) is 9.59 Å². The number of esters is 1. The van der Waals surface area contributed by atoms with Gasteiger partial charge in [0.25, 0.3) is 0 Å².